The van der Waals surface area contributed by atoms with Crippen LogP contribution in [0.15, 0.2) is 65.8 Å². The van der Waals surface area contributed by atoms with E-state index >= 15 is 0 Å². The van der Waals surface area contributed by atoms with Crippen molar-refractivity contribution in [3.63, 3.8) is 0 Å². The monoisotopic (exact) mass is 385 g/mol. The normalized spacial score (nSPS) is 11.3. The highest BCUT2D eigenvalue weighted by atomic mass is 16.2. The number of amides is 1. The number of rotatable bonds is 5. The molecule has 0 aliphatic rings. The molecule has 0 unspecified atom stereocenters. The van der Waals surface area contributed by atoms with Gasteiger partial charge in [0.15, 0.2) is 0 Å². The smallest absolute Gasteiger partial charge is 0.271 e. The predicted molar refractivity (Wildman–Crippen MR) is 121 cm³/mol. The topological polar surface area (TPSA) is 53.5 Å². The summed E-state index contributed by atoms with van der Waals surface area (Å²) in [7, 11) is 0. The summed E-state index contributed by atoms with van der Waals surface area (Å²) in [6, 6.07) is 20.1. The molecule has 0 saturated carbocycles. The molecular formula is C25H27N3O. The molecule has 0 aliphatic carbocycles. The quantitative estimate of drug-likeness (QED) is 0.430. The second-order valence-corrected chi connectivity index (χ2v) is 7.43. The van der Waals surface area contributed by atoms with Gasteiger partial charge in [-0.1, -0.05) is 48.0 Å². The van der Waals surface area contributed by atoms with Crippen molar-refractivity contribution in [2.24, 2.45) is 5.10 Å². The highest BCUT2D eigenvalue weighted by molar-refractivity contribution is 6.02. The maximum atomic E-state index is 12.5. The predicted octanol–water partition coefficient (Wildman–Crippen LogP) is 5.82. The zero-order valence-corrected chi connectivity index (χ0v) is 17.6. The molecule has 3 aromatic carbocycles. The number of carbonyl (C=O) groups excluding carboxylic acids is 1. The first-order valence-corrected chi connectivity index (χ1v) is 9.70. The van der Waals surface area contributed by atoms with Crippen molar-refractivity contribution in [1.82, 2.24) is 5.43 Å². The van der Waals surface area contributed by atoms with Gasteiger partial charge in [-0.2, -0.15) is 5.10 Å². The molecule has 1 amide bonds. The third kappa shape index (κ3) is 4.91. The van der Waals surface area contributed by atoms with Crippen molar-refractivity contribution in [2.45, 2.75) is 34.6 Å². The summed E-state index contributed by atoms with van der Waals surface area (Å²) < 4.78 is 0. The van der Waals surface area contributed by atoms with Gasteiger partial charge in [0.25, 0.3) is 5.91 Å². The maximum absolute atomic E-state index is 12.5. The van der Waals surface area contributed by atoms with Crippen LogP contribution >= 0.6 is 0 Å². The summed E-state index contributed by atoms with van der Waals surface area (Å²) in [5.41, 5.74) is 11.5. The number of anilines is 2. The SMILES string of the molecule is C/C(=N\NC(=O)c1ccc(C)cc1C)c1ccc(C)c(Nc2ccccc2C)c1. The maximum Gasteiger partial charge on any atom is 0.271 e. The van der Waals surface area contributed by atoms with Gasteiger partial charge in [0.1, 0.15) is 0 Å². The Balaban J connectivity index is 1.79. The Hall–Kier alpha value is -3.40. The van der Waals surface area contributed by atoms with Gasteiger partial charge in [-0.3, -0.25) is 4.79 Å². The van der Waals surface area contributed by atoms with E-state index < -0.39 is 0 Å². The van der Waals surface area contributed by atoms with Gasteiger partial charge in [-0.25, -0.2) is 5.43 Å². The van der Waals surface area contributed by atoms with Crippen LogP contribution in [0, 0.1) is 27.7 Å². The van der Waals surface area contributed by atoms with E-state index in [2.05, 4.69) is 54.0 Å². The molecule has 4 nitrogen and oxygen atoms in total. The fourth-order valence-electron chi connectivity index (χ4n) is 3.17. The van der Waals surface area contributed by atoms with Gasteiger partial charge < -0.3 is 5.32 Å². The van der Waals surface area contributed by atoms with Crippen LogP contribution in [0.2, 0.25) is 0 Å². The molecule has 2 N–H and O–H groups in total. The van der Waals surface area contributed by atoms with Crippen LogP contribution in [0.25, 0.3) is 0 Å². The molecule has 0 fully saturated rings. The lowest BCUT2D eigenvalue weighted by atomic mass is 10.1. The standard InChI is InChI=1S/C25H27N3O/c1-16-10-13-22(19(4)14-16)25(29)28-27-20(5)21-12-11-18(3)24(15-21)26-23-9-7-6-8-17(23)2/h6-15,26H,1-5H3,(H,28,29)/b27-20+. The van der Waals surface area contributed by atoms with Gasteiger partial charge >= 0.3 is 0 Å². The first kappa shape index (κ1) is 20.3. The Kier molecular flexibility index (Phi) is 6.13. The van der Waals surface area contributed by atoms with Gasteiger partial charge in [0, 0.05) is 16.9 Å². The highest BCUT2D eigenvalue weighted by Crippen LogP contribution is 2.24. The minimum Gasteiger partial charge on any atom is -0.355 e. The van der Waals surface area contributed by atoms with Crippen LogP contribution < -0.4 is 10.7 Å². The zero-order valence-electron chi connectivity index (χ0n) is 17.6. The van der Waals surface area contributed by atoms with E-state index in [-0.39, 0.29) is 5.91 Å². The van der Waals surface area contributed by atoms with E-state index in [4.69, 9.17) is 0 Å². The third-order valence-electron chi connectivity index (χ3n) is 5.02. The molecule has 0 bridgehead atoms. The number of hydrazone groups is 1. The first-order valence-electron chi connectivity index (χ1n) is 9.70. The second kappa shape index (κ2) is 8.74. The van der Waals surface area contributed by atoms with E-state index in [0.717, 1.165) is 39.3 Å². The summed E-state index contributed by atoms with van der Waals surface area (Å²) in [6.45, 7) is 9.99. The summed E-state index contributed by atoms with van der Waals surface area (Å²) >= 11 is 0. The fourth-order valence-corrected chi connectivity index (χ4v) is 3.17. The molecule has 0 radical (unpaired) electrons. The molecule has 0 aromatic heterocycles. The van der Waals surface area contributed by atoms with Crippen molar-refractivity contribution in [2.75, 3.05) is 5.32 Å². The van der Waals surface area contributed by atoms with Gasteiger partial charge in [0.05, 0.1) is 5.71 Å². The average molecular weight is 386 g/mol. The van der Waals surface area contributed by atoms with E-state index in [0.29, 0.717) is 5.56 Å². The Bertz CT molecular complexity index is 1080. The molecule has 0 heterocycles. The van der Waals surface area contributed by atoms with Crippen LogP contribution in [0.5, 0.6) is 0 Å². The van der Waals surface area contributed by atoms with E-state index in [9.17, 15) is 4.79 Å². The molecule has 0 aliphatic heterocycles. The number of benzene rings is 3. The van der Waals surface area contributed by atoms with E-state index in [1.807, 2.05) is 57.2 Å². The largest absolute Gasteiger partial charge is 0.355 e. The highest BCUT2D eigenvalue weighted by Gasteiger charge is 2.09. The summed E-state index contributed by atoms with van der Waals surface area (Å²) in [6.07, 6.45) is 0. The van der Waals surface area contributed by atoms with Crippen molar-refractivity contribution >= 4 is 23.0 Å². The molecule has 3 rings (SSSR count). The fraction of sp³-hybridized carbons (Fsp3) is 0.200. The van der Waals surface area contributed by atoms with Crippen LogP contribution in [0.4, 0.5) is 11.4 Å². The van der Waals surface area contributed by atoms with Crippen molar-refractivity contribution in [3.8, 4) is 0 Å². The Morgan fingerprint density at radius 2 is 1.52 bits per heavy atom. The summed E-state index contributed by atoms with van der Waals surface area (Å²) in [5.74, 6) is -0.202. The van der Waals surface area contributed by atoms with Crippen molar-refractivity contribution in [1.29, 1.82) is 0 Å². The van der Waals surface area contributed by atoms with Crippen LogP contribution in [0.1, 0.15) is 45.1 Å². The molecule has 3 aromatic rings. The number of para-hydroxylation sites is 1. The number of carbonyl (C=O) groups is 1. The van der Waals surface area contributed by atoms with Gasteiger partial charge in [-0.15, -0.1) is 0 Å². The van der Waals surface area contributed by atoms with E-state index in [1.54, 1.807) is 0 Å². The average Bonchev–Trinajstić information content (AvgIpc) is 2.69. The molecule has 0 atom stereocenters. The van der Waals surface area contributed by atoms with Crippen LogP contribution in [-0.2, 0) is 0 Å². The Morgan fingerprint density at radius 1 is 0.793 bits per heavy atom. The minimum atomic E-state index is -0.202. The number of aryl methyl sites for hydroxylation is 4. The van der Waals surface area contributed by atoms with Crippen molar-refractivity contribution < 1.29 is 4.79 Å². The number of nitrogens with zero attached hydrogens (tertiary/aromatic N) is 1. The Morgan fingerprint density at radius 3 is 2.24 bits per heavy atom. The molecule has 4 heteroatoms. The molecule has 0 saturated heterocycles. The van der Waals surface area contributed by atoms with Crippen molar-refractivity contribution in [3.05, 3.63) is 94.0 Å². The lowest BCUT2D eigenvalue weighted by Crippen LogP contribution is -2.20. The van der Waals surface area contributed by atoms with E-state index in [1.165, 1.54) is 5.56 Å². The molecule has 29 heavy (non-hydrogen) atoms. The second-order valence-electron chi connectivity index (χ2n) is 7.43. The van der Waals surface area contributed by atoms with Crippen LogP contribution in [-0.4, -0.2) is 11.6 Å². The molecule has 148 valence electrons. The number of hydrogen-bond donors (Lipinski definition) is 2. The third-order valence-corrected chi connectivity index (χ3v) is 5.02. The van der Waals surface area contributed by atoms with Gasteiger partial charge in [-0.05, 0) is 75.1 Å². The summed E-state index contributed by atoms with van der Waals surface area (Å²) in [4.78, 5) is 12.5. The van der Waals surface area contributed by atoms with Crippen LogP contribution in [0.3, 0.4) is 0 Å². The first-order chi connectivity index (χ1) is 13.8. The van der Waals surface area contributed by atoms with Gasteiger partial charge in [0.2, 0.25) is 0 Å². The number of hydrogen-bond acceptors (Lipinski definition) is 3. The number of nitrogens with one attached hydrogen (secondary N) is 2. The Labute approximate surface area is 172 Å². The molecule has 0 spiro atoms. The zero-order chi connectivity index (χ0) is 21.0. The molecular weight excluding hydrogens is 358 g/mol. The lowest BCUT2D eigenvalue weighted by Gasteiger charge is -2.13. The lowest BCUT2D eigenvalue weighted by molar-refractivity contribution is 0.0954. The summed E-state index contributed by atoms with van der Waals surface area (Å²) in [5, 5.41) is 7.82. The minimum absolute atomic E-state index is 0.202.